The smallest absolute Gasteiger partial charge is 0.146 e. The summed E-state index contributed by atoms with van der Waals surface area (Å²) in [4.78, 5) is 2.05. The molecule has 0 heterocycles. The van der Waals surface area contributed by atoms with Crippen LogP contribution in [-0.2, 0) is 6.54 Å². The highest BCUT2D eigenvalue weighted by Crippen LogP contribution is 2.22. The van der Waals surface area contributed by atoms with Gasteiger partial charge in [-0.2, -0.15) is 0 Å². The normalized spacial score (nSPS) is 10.9. The minimum absolute atomic E-state index is 0.136. The van der Waals surface area contributed by atoms with E-state index in [2.05, 4.69) is 24.1 Å². The van der Waals surface area contributed by atoms with Gasteiger partial charge in [-0.3, -0.25) is 0 Å². The van der Waals surface area contributed by atoms with E-state index in [4.69, 9.17) is 0 Å². The lowest BCUT2D eigenvalue weighted by Crippen LogP contribution is -2.31. The molecule has 0 radical (unpaired) electrons. The summed E-state index contributed by atoms with van der Waals surface area (Å²) in [6.45, 7) is 7.71. The summed E-state index contributed by atoms with van der Waals surface area (Å²) in [5.74, 6) is -0.136. The van der Waals surface area contributed by atoms with E-state index in [1.165, 1.54) is 0 Å². The summed E-state index contributed by atoms with van der Waals surface area (Å²) in [6.07, 6.45) is 0. The SMILES string of the molecule is CCN(c1ccc(CNC)cc1F)C(C)C. The first kappa shape index (κ1) is 13.0. The third-order valence-electron chi connectivity index (χ3n) is 2.67. The summed E-state index contributed by atoms with van der Waals surface area (Å²) in [5, 5.41) is 3.02. The number of nitrogens with zero attached hydrogens (tertiary/aromatic N) is 1. The predicted octanol–water partition coefficient (Wildman–Crippen LogP) is 2.78. The molecule has 0 aliphatic carbocycles. The number of anilines is 1. The molecule has 90 valence electrons. The predicted molar refractivity (Wildman–Crippen MR) is 67.3 cm³/mol. The van der Waals surface area contributed by atoms with Crippen molar-refractivity contribution in [1.82, 2.24) is 5.32 Å². The minimum Gasteiger partial charge on any atom is -0.367 e. The molecule has 0 amide bonds. The first-order chi connectivity index (χ1) is 7.60. The van der Waals surface area contributed by atoms with Crippen molar-refractivity contribution in [3.05, 3.63) is 29.6 Å². The topological polar surface area (TPSA) is 15.3 Å². The van der Waals surface area contributed by atoms with Gasteiger partial charge in [0.25, 0.3) is 0 Å². The van der Waals surface area contributed by atoms with Crippen molar-refractivity contribution in [3.8, 4) is 0 Å². The Morgan fingerprint density at radius 1 is 1.38 bits per heavy atom. The van der Waals surface area contributed by atoms with E-state index >= 15 is 0 Å². The zero-order chi connectivity index (χ0) is 12.1. The van der Waals surface area contributed by atoms with E-state index < -0.39 is 0 Å². The van der Waals surface area contributed by atoms with Crippen LogP contribution >= 0.6 is 0 Å². The number of nitrogens with one attached hydrogen (secondary N) is 1. The van der Waals surface area contributed by atoms with Gasteiger partial charge in [0.1, 0.15) is 5.82 Å². The first-order valence-electron chi connectivity index (χ1n) is 5.79. The molecule has 1 aromatic carbocycles. The number of benzene rings is 1. The Bertz CT molecular complexity index is 337. The van der Waals surface area contributed by atoms with E-state index in [0.29, 0.717) is 18.3 Å². The van der Waals surface area contributed by atoms with E-state index in [-0.39, 0.29) is 5.82 Å². The maximum absolute atomic E-state index is 13.9. The average molecular weight is 224 g/mol. The molecule has 0 aliphatic heterocycles. The fourth-order valence-electron chi connectivity index (χ4n) is 1.91. The fourth-order valence-corrected chi connectivity index (χ4v) is 1.91. The molecule has 1 aromatic rings. The molecule has 1 rings (SSSR count). The molecule has 1 N–H and O–H groups in total. The molecular formula is C13H21FN2. The summed E-state index contributed by atoms with van der Waals surface area (Å²) in [7, 11) is 1.86. The van der Waals surface area contributed by atoms with Gasteiger partial charge in [-0.05, 0) is 45.5 Å². The summed E-state index contributed by atoms with van der Waals surface area (Å²) < 4.78 is 13.9. The van der Waals surface area contributed by atoms with Gasteiger partial charge in [-0.15, -0.1) is 0 Å². The van der Waals surface area contributed by atoms with Crippen molar-refractivity contribution in [1.29, 1.82) is 0 Å². The minimum atomic E-state index is -0.136. The van der Waals surface area contributed by atoms with Gasteiger partial charge in [0.15, 0.2) is 0 Å². The van der Waals surface area contributed by atoms with Crippen molar-refractivity contribution in [2.75, 3.05) is 18.5 Å². The number of hydrogen-bond donors (Lipinski definition) is 1. The van der Waals surface area contributed by atoms with Crippen molar-refractivity contribution in [2.45, 2.75) is 33.4 Å². The van der Waals surface area contributed by atoms with Crippen LogP contribution in [-0.4, -0.2) is 19.6 Å². The van der Waals surface area contributed by atoms with Crippen LogP contribution in [0.3, 0.4) is 0 Å². The van der Waals surface area contributed by atoms with Crippen molar-refractivity contribution in [2.24, 2.45) is 0 Å². The van der Waals surface area contributed by atoms with Crippen LogP contribution in [0.25, 0.3) is 0 Å². The average Bonchev–Trinajstić information content (AvgIpc) is 2.22. The maximum atomic E-state index is 13.9. The second-order valence-corrected chi connectivity index (χ2v) is 4.20. The number of rotatable bonds is 5. The molecule has 0 spiro atoms. The van der Waals surface area contributed by atoms with Gasteiger partial charge in [0, 0.05) is 19.1 Å². The van der Waals surface area contributed by atoms with Crippen LogP contribution < -0.4 is 10.2 Å². The number of halogens is 1. The Morgan fingerprint density at radius 3 is 2.50 bits per heavy atom. The third-order valence-corrected chi connectivity index (χ3v) is 2.67. The highest BCUT2D eigenvalue weighted by Gasteiger charge is 2.13. The maximum Gasteiger partial charge on any atom is 0.146 e. The van der Waals surface area contributed by atoms with Crippen molar-refractivity contribution >= 4 is 5.69 Å². The fraction of sp³-hybridized carbons (Fsp3) is 0.538. The molecule has 0 aromatic heterocycles. The Balaban J connectivity index is 2.97. The molecule has 0 fully saturated rings. The summed E-state index contributed by atoms with van der Waals surface area (Å²) in [6, 6.07) is 5.76. The Labute approximate surface area is 97.5 Å². The van der Waals surface area contributed by atoms with E-state index in [1.54, 1.807) is 6.07 Å². The lowest BCUT2D eigenvalue weighted by molar-refractivity contribution is 0.601. The third kappa shape index (κ3) is 2.95. The van der Waals surface area contributed by atoms with Crippen LogP contribution in [0.2, 0.25) is 0 Å². The van der Waals surface area contributed by atoms with Gasteiger partial charge < -0.3 is 10.2 Å². The molecular weight excluding hydrogens is 203 g/mol. The molecule has 16 heavy (non-hydrogen) atoms. The largest absolute Gasteiger partial charge is 0.367 e. The van der Waals surface area contributed by atoms with Gasteiger partial charge in [-0.1, -0.05) is 6.07 Å². The molecule has 0 unspecified atom stereocenters. The molecule has 0 saturated heterocycles. The van der Waals surface area contributed by atoms with Crippen molar-refractivity contribution in [3.63, 3.8) is 0 Å². The Hall–Kier alpha value is -1.09. The lowest BCUT2D eigenvalue weighted by Gasteiger charge is -2.28. The van der Waals surface area contributed by atoms with Crippen LogP contribution in [0.1, 0.15) is 26.3 Å². The van der Waals surface area contributed by atoms with Crippen LogP contribution in [0.5, 0.6) is 0 Å². The number of hydrogen-bond acceptors (Lipinski definition) is 2. The lowest BCUT2D eigenvalue weighted by atomic mass is 10.1. The zero-order valence-electron chi connectivity index (χ0n) is 10.5. The molecule has 0 bridgehead atoms. The molecule has 0 aliphatic rings. The highest BCUT2D eigenvalue weighted by molar-refractivity contribution is 5.49. The van der Waals surface area contributed by atoms with Crippen LogP contribution in [0.4, 0.5) is 10.1 Å². The molecule has 0 saturated carbocycles. The summed E-state index contributed by atoms with van der Waals surface area (Å²) in [5.41, 5.74) is 1.67. The van der Waals surface area contributed by atoms with E-state index in [1.807, 2.05) is 26.1 Å². The second-order valence-electron chi connectivity index (χ2n) is 4.20. The summed E-state index contributed by atoms with van der Waals surface area (Å²) >= 11 is 0. The van der Waals surface area contributed by atoms with Gasteiger partial charge in [-0.25, -0.2) is 4.39 Å². The zero-order valence-corrected chi connectivity index (χ0v) is 10.5. The van der Waals surface area contributed by atoms with Gasteiger partial charge in [0.2, 0.25) is 0 Å². The van der Waals surface area contributed by atoms with Crippen molar-refractivity contribution < 1.29 is 4.39 Å². The van der Waals surface area contributed by atoms with Gasteiger partial charge in [0.05, 0.1) is 5.69 Å². The van der Waals surface area contributed by atoms with E-state index in [9.17, 15) is 4.39 Å². The first-order valence-corrected chi connectivity index (χ1v) is 5.79. The van der Waals surface area contributed by atoms with Crippen LogP contribution in [0, 0.1) is 5.82 Å². The standard InChI is InChI=1S/C13H21FN2/c1-5-16(10(2)3)13-7-6-11(9-15-4)8-12(13)14/h6-8,10,15H,5,9H2,1-4H3. The van der Waals surface area contributed by atoms with E-state index in [0.717, 1.165) is 12.1 Å². The van der Waals surface area contributed by atoms with Crippen LogP contribution in [0.15, 0.2) is 18.2 Å². The Kier molecular flexibility index (Phi) is 4.74. The Morgan fingerprint density at radius 2 is 2.06 bits per heavy atom. The molecule has 2 nitrogen and oxygen atoms in total. The second kappa shape index (κ2) is 5.85. The molecule has 0 atom stereocenters. The molecule has 3 heteroatoms. The van der Waals surface area contributed by atoms with Gasteiger partial charge >= 0.3 is 0 Å². The monoisotopic (exact) mass is 224 g/mol. The highest BCUT2D eigenvalue weighted by atomic mass is 19.1. The quantitative estimate of drug-likeness (QED) is 0.827.